The van der Waals surface area contributed by atoms with Crippen molar-refractivity contribution < 1.29 is 24.3 Å². The summed E-state index contributed by atoms with van der Waals surface area (Å²) in [5.41, 5.74) is 16.6. The molecule has 0 aromatic carbocycles. The molecular weight excluding hydrogens is 462 g/mol. The highest BCUT2D eigenvalue weighted by Gasteiger charge is 2.32. The number of nitrogens with two attached hydrogens (primary N) is 3. The molecule has 0 radical (unpaired) electrons. The van der Waals surface area contributed by atoms with Crippen LogP contribution in [0.5, 0.6) is 0 Å². The molecule has 0 saturated carbocycles. The molecule has 13 heteroatoms. The Hall–Kier alpha value is -2.54. The highest BCUT2D eigenvalue weighted by atomic mass is 32.1. The summed E-state index contributed by atoms with van der Waals surface area (Å²) in [6.45, 7) is 7.65. The topological polar surface area (TPSA) is 215 Å². The lowest BCUT2D eigenvalue weighted by Gasteiger charge is -2.28. The van der Waals surface area contributed by atoms with E-state index in [4.69, 9.17) is 17.2 Å². The van der Waals surface area contributed by atoms with Crippen LogP contribution in [0.15, 0.2) is 4.99 Å². The molecule has 0 spiro atoms. The maximum absolute atomic E-state index is 13.1. The highest BCUT2D eigenvalue weighted by molar-refractivity contribution is 7.80. The van der Waals surface area contributed by atoms with Gasteiger partial charge in [-0.05, 0) is 24.7 Å². The molecule has 10 N–H and O–H groups in total. The molecule has 0 heterocycles. The van der Waals surface area contributed by atoms with Crippen molar-refractivity contribution in [3.8, 4) is 0 Å². The number of aliphatic carboxylic acids is 1. The number of guanidine groups is 1. The predicted octanol–water partition coefficient (Wildman–Crippen LogP) is -1.07. The van der Waals surface area contributed by atoms with E-state index in [1.54, 1.807) is 6.92 Å². The monoisotopic (exact) mass is 503 g/mol. The minimum absolute atomic E-state index is 0.0797. The Balaban J connectivity index is 5.61. The molecule has 3 amide bonds. The summed E-state index contributed by atoms with van der Waals surface area (Å²) in [4.78, 5) is 53.7. The zero-order chi connectivity index (χ0) is 26.4. The zero-order valence-corrected chi connectivity index (χ0v) is 21.3. The number of carboxylic acids is 1. The van der Waals surface area contributed by atoms with Crippen LogP contribution in [-0.4, -0.2) is 71.2 Å². The summed E-state index contributed by atoms with van der Waals surface area (Å²) in [5.74, 6) is -3.53. The van der Waals surface area contributed by atoms with E-state index in [9.17, 15) is 24.3 Å². The van der Waals surface area contributed by atoms with Crippen molar-refractivity contribution in [2.24, 2.45) is 34.0 Å². The second kappa shape index (κ2) is 16.1. The van der Waals surface area contributed by atoms with E-state index in [1.165, 1.54) is 0 Å². The summed E-state index contributed by atoms with van der Waals surface area (Å²) in [6, 6.07) is -4.02. The van der Waals surface area contributed by atoms with Gasteiger partial charge in [0.2, 0.25) is 17.7 Å². The fourth-order valence-electron chi connectivity index (χ4n) is 2.96. The van der Waals surface area contributed by atoms with E-state index in [1.807, 2.05) is 20.8 Å². The van der Waals surface area contributed by atoms with Crippen LogP contribution in [-0.2, 0) is 19.2 Å². The molecule has 34 heavy (non-hydrogen) atoms. The van der Waals surface area contributed by atoms with Crippen LogP contribution in [0.4, 0.5) is 0 Å². The molecule has 0 aliphatic rings. The second-order valence-electron chi connectivity index (χ2n) is 8.38. The van der Waals surface area contributed by atoms with Crippen LogP contribution >= 0.6 is 12.6 Å². The fourth-order valence-corrected chi connectivity index (χ4v) is 3.20. The number of carbonyl (C=O) groups excluding carboxylic acids is 3. The average molecular weight is 504 g/mol. The molecule has 0 aliphatic heterocycles. The number of thiol groups is 1. The van der Waals surface area contributed by atoms with Gasteiger partial charge < -0.3 is 38.3 Å². The Morgan fingerprint density at radius 1 is 0.912 bits per heavy atom. The van der Waals surface area contributed by atoms with Gasteiger partial charge in [-0.1, -0.05) is 40.5 Å². The molecule has 0 aromatic heterocycles. The third kappa shape index (κ3) is 11.1. The molecule has 0 bridgehead atoms. The fraction of sp³-hybridized carbons (Fsp3) is 0.762. The van der Waals surface area contributed by atoms with Crippen molar-refractivity contribution >= 4 is 42.3 Å². The van der Waals surface area contributed by atoms with E-state index in [2.05, 4.69) is 33.6 Å². The summed E-state index contributed by atoms with van der Waals surface area (Å²) in [5, 5.41) is 16.9. The van der Waals surface area contributed by atoms with E-state index in [0.29, 0.717) is 19.3 Å². The average Bonchev–Trinajstić information content (AvgIpc) is 2.80. The normalized spacial score (nSPS) is 16.2. The van der Waals surface area contributed by atoms with Crippen molar-refractivity contribution in [3.05, 3.63) is 0 Å². The number of hydrogen-bond donors (Lipinski definition) is 8. The van der Waals surface area contributed by atoms with E-state index < -0.39 is 47.9 Å². The van der Waals surface area contributed by atoms with Crippen molar-refractivity contribution in [1.29, 1.82) is 0 Å². The zero-order valence-electron chi connectivity index (χ0n) is 20.4. The Bertz CT molecular complexity index is 718. The van der Waals surface area contributed by atoms with Crippen molar-refractivity contribution in [1.82, 2.24) is 16.0 Å². The van der Waals surface area contributed by atoms with Gasteiger partial charge >= 0.3 is 5.97 Å². The van der Waals surface area contributed by atoms with Crippen molar-refractivity contribution in [2.75, 3.05) is 12.3 Å². The predicted molar refractivity (Wildman–Crippen MR) is 134 cm³/mol. The molecule has 6 atom stereocenters. The summed E-state index contributed by atoms with van der Waals surface area (Å²) >= 11 is 3.94. The van der Waals surface area contributed by atoms with Gasteiger partial charge in [0.1, 0.15) is 18.1 Å². The number of carbonyl (C=O) groups is 4. The second-order valence-corrected chi connectivity index (χ2v) is 8.74. The molecule has 0 fully saturated rings. The summed E-state index contributed by atoms with van der Waals surface area (Å²) in [6.07, 6.45) is 1.76. The van der Waals surface area contributed by atoms with Crippen LogP contribution in [0.3, 0.4) is 0 Å². The summed E-state index contributed by atoms with van der Waals surface area (Å²) < 4.78 is 0. The lowest BCUT2D eigenvalue weighted by atomic mass is 9.95. The standard InChI is InChI=1S/C21H41N7O5S/c1-5-11(3)15(22)18(30)28-16(12(4)6-2)19(31)26-13(8-7-9-25-21(23)24)17(29)27-14(10-34)20(32)33/h11-16,34H,5-10,22H2,1-4H3,(H,26,31)(H,27,29)(H,28,30)(H,32,33)(H4,23,24,25). The third-order valence-electron chi connectivity index (χ3n) is 5.73. The number of nitrogens with zero attached hydrogens (tertiary/aromatic N) is 1. The highest BCUT2D eigenvalue weighted by Crippen LogP contribution is 2.12. The maximum atomic E-state index is 13.1. The molecule has 0 rings (SSSR count). The third-order valence-corrected chi connectivity index (χ3v) is 6.09. The smallest absolute Gasteiger partial charge is 0.327 e. The van der Waals surface area contributed by atoms with Gasteiger partial charge in [0.05, 0.1) is 6.04 Å². The van der Waals surface area contributed by atoms with E-state index in [-0.39, 0.29) is 36.5 Å². The Kier molecular flexibility index (Phi) is 14.9. The molecule has 196 valence electrons. The quantitative estimate of drug-likeness (QED) is 0.0560. The van der Waals surface area contributed by atoms with Gasteiger partial charge in [0.25, 0.3) is 0 Å². The van der Waals surface area contributed by atoms with Gasteiger partial charge in [0.15, 0.2) is 5.96 Å². The lowest BCUT2D eigenvalue weighted by molar-refractivity contribution is -0.141. The van der Waals surface area contributed by atoms with Gasteiger partial charge in [-0.15, -0.1) is 0 Å². The molecule has 0 aromatic rings. The lowest BCUT2D eigenvalue weighted by Crippen LogP contribution is -2.59. The number of amides is 3. The van der Waals surface area contributed by atoms with Gasteiger partial charge in [-0.3, -0.25) is 19.4 Å². The molecule has 12 nitrogen and oxygen atoms in total. The first-order chi connectivity index (χ1) is 15.9. The number of carboxylic acid groups (broad SMARTS) is 1. The van der Waals surface area contributed by atoms with Gasteiger partial charge in [-0.25, -0.2) is 4.79 Å². The Morgan fingerprint density at radius 3 is 1.94 bits per heavy atom. The maximum Gasteiger partial charge on any atom is 0.327 e. The van der Waals surface area contributed by atoms with E-state index >= 15 is 0 Å². The van der Waals surface area contributed by atoms with Crippen LogP contribution < -0.4 is 33.2 Å². The van der Waals surface area contributed by atoms with Crippen LogP contribution in [0.1, 0.15) is 53.4 Å². The molecular formula is C21H41N7O5S. The van der Waals surface area contributed by atoms with E-state index in [0.717, 1.165) is 0 Å². The number of hydrogen-bond acceptors (Lipinski definition) is 7. The Morgan fingerprint density at radius 2 is 1.47 bits per heavy atom. The first-order valence-corrected chi connectivity index (χ1v) is 12.1. The van der Waals surface area contributed by atoms with Crippen LogP contribution in [0.2, 0.25) is 0 Å². The van der Waals surface area contributed by atoms with Gasteiger partial charge in [0, 0.05) is 12.3 Å². The molecule has 0 saturated heterocycles. The minimum Gasteiger partial charge on any atom is -0.480 e. The van der Waals surface area contributed by atoms with Crippen molar-refractivity contribution in [2.45, 2.75) is 77.5 Å². The Labute approximate surface area is 206 Å². The summed E-state index contributed by atoms with van der Waals surface area (Å²) in [7, 11) is 0. The first kappa shape index (κ1) is 31.5. The largest absolute Gasteiger partial charge is 0.480 e. The number of rotatable bonds is 16. The van der Waals surface area contributed by atoms with Crippen molar-refractivity contribution in [3.63, 3.8) is 0 Å². The minimum atomic E-state index is -1.25. The van der Waals surface area contributed by atoms with Crippen LogP contribution in [0.25, 0.3) is 0 Å². The number of nitrogens with one attached hydrogen (secondary N) is 3. The molecule has 6 unspecified atom stereocenters. The SMILES string of the molecule is CCC(C)C(N)C(=O)NC(C(=O)NC(CCCN=C(N)N)C(=O)NC(CS)C(=O)O)C(C)CC. The van der Waals surface area contributed by atoms with Crippen LogP contribution in [0, 0.1) is 11.8 Å². The molecule has 0 aliphatic carbocycles. The van der Waals surface area contributed by atoms with Gasteiger partial charge in [-0.2, -0.15) is 12.6 Å². The first-order valence-electron chi connectivity index (χ1n) is 11.4. The number of aliphatic imine (C=N–C) groups is 1.